The summed E-state index contributed by atoms with van der Waals surface area (Å²) in [4.78, 5) is 25.0. The van der Waals surface area contributed by atoms with E-state index in [0.717, 1.165) is 5.75 Å². The fourth-order valence-corrected chi connectivity index (χ4v) is 3.36. The number of carbonyl (C=O) groups is 2. The average Bonchev–Trinajstić information content (AvgIpc) is 2.65. The third-order valence-electron chi connectivity index (χ3n) is 3.01. The minimum atomic E-state index is -0.994. The van der Waals surface area contributed by atoms with E-state index in [9.17, 15) is 9.59 Å². The number of nitrogens with zero attached hydrogens (tertiary/aromatic N) is 2. The summed E-state index contributed by atoms with van der Waals surface area (Å²) in [5.41, 5.74) is 0.299. The highest BCUT2D eigenvalue weighted by Gasteiger charge is 2.34. The van der Waals surface area contributed by atoms with Crippen molar-refractivity contribution >= 4 is 46.8 Å². The van der Waals surface area contributed by atoms with Crippen LogP contribution in [-0.4, -0.2) is 50.5 Å². The molecule has 1 amide bonds. The molecular weight excluding hydrogens is 311 g/mol. The first-order valence-electron chi connectivity index (χ1n) is 5.55. The van der Waals surface area contributed by atoms with Gasteiger partial charge in [-0.2, -0.15) is 11.8 Å². The van der Waals surface area contributed by atoms with Gasteiger partial charge < -0.3 is 14.6 Å². The van der Waals surface area contributed by atoms with E-state index in [-0.39, 0.29) is 16.1 Å². The third kappa shape index (κ3) is 2.70. The fourth-order valence-electron chi connectivity index (χ4n) is 1.95. The van der Waals surface area contributed by atoms with E-state index >= 15 is 0 Å². The van der Waals surface area contributed by atoms with E-state index in [2.05, 4.69) is 0 Å². The lowest BCUT2D eigenvalue weighted by Gasteiger charge is -2.32. The van der Waals surface area contributed by atoms with Gasteiger partial charge in [-0.1, -0.05) is 23.2 Å². The monoisotopic (exact) mass is 322 g/mol. The number of rotatable bonds is 2. The molecule has 0 bridgehead atoms. The second kappa shape index (κ2) is 5.64. The number of halogens is 2. The molecule has 5 nitrogen and oxygen atoms in total. The van der Waals surface area contributed by atoms with Gasteiger partial charge in [0.1, 0.15) is 16.9 Å². The lowest BCUT2D eigenvalue weighted by atomic mass is 10.2. The van der Waals surface area contributed by atoms with Crippen molar-refractivity contribution in [3.05, 3.63) is 21.9 Å². The van der Waals surface area contributed by atoms with Gasteiger partial charge in [-0.05, 0) is 6.07 Å². The minimum Gasteiger partial charge on any atom is -0.480 e. The van der Waals surface area contributed by atoms with E-state index < -0.39 is 12.0 Å². The number of hydrogen-bond donors (Lipinski definition) is 1. The molecule has 19 heavy (non-hydrogen) atoms. The predicted octanol–water partition coefficient (Wildman–Crippen LogP) is 1.97. The molecule has 1 fully saturated rings. The zero-order valence-corrected chi connectivity index (χ0v) is 12.4. The Bertz CT molecular complexity index is 532. The maximum absolute atomic E-state index is 12.4. The van der Waals surface area contributed by atoms with Crippen molar-refractivity contribution in [2.45, 2.75) is 6.04 Å². The second-order valence-corrected chi connectivity index (χ2v) is 6.07. The molecule has 0 saturated carbocycles. The van der Waals surface area contributed by atoms with Crippen molar-refractivity contribution in [1.29, 1.82) is 0 Å². The van der Waals surface area contributed by atoms with Gasteiger partial charge in [-0.25, -0.2) is 4.79 Å². The highest BCUT2D eigenvalue weighted by Crippen LogP contribution is 2.27. The molecule has 1 aliphatic rings. The zero-order valence-electron chi connectivity index (χ0n) is 10.1. The van der Waals surface area contributed by atoms with E-state index in [0.29, 0.717) is 18.0 Å². The lowest BCUT2D eigenvalue weighted by Crippen LogP contribution is -2.50. The summed E-state index contributed by atoms with van der Waals surface area (Å²) < 4.78 is 1.47. The molecule has 1 unspecified atom stereocenters. The first-order valence-corrected chi connectivity index (χ1v) is 7.46. The van der Waals surface area contributed by atoms with Crippen LogP contribution in [0, 0.1) is 0 Å². The van der Waals surface area contributed by atoms with Crippen LogP contribution >= 0.6 is 35.0 Å². The maximum atomic E-state index is 12.4. The van der Waals surface area contributed by atoms with Gasteiger partial charge in [0.05, 0.1) is 5.02 Å². The van der Waals surface area contributed by atoms with E-state index in [1.165, 1.54) is 27.3 Å². The van der Waals surface area contributed by atoms with E-state index in [4.69, 9.17) is 28.3 Å². The minimum absolute atomic E-state index is 0.267. The van der Waals surface area contributed by atoms with E-state index in [1.54, 1.807) is 7.05 Å². The summed E-state index contributed by atoms with van der Waals surface area (Å²) in [5.74, 6) is -0.232. The molecule has 2 heterocycles. The quantitative estimate of drug-likeness (QED) is 0.904. The van der Waals surface area contributed by atoms with Gasteiger partial charge in [-0.3, -0.25) is 4.79 Å². The molecule has 8 heteroatoms. The van der Waals surface area contributed by atoms with Gasteiger partial charge in [0, 0.05) is 25.1 Å². The Hall–Kier alpha value is -0.850. The van der Waals surface area contributed by atoms with Crippen molar-refractivity contribution in [1.82, 2.24) is 9.47 Å². The van der Waals surface area contributed by atoms with Crippen LogP contribution in [0.5, 0.6) is 0 Å². The predicted molar refractivity (Wildman–Crippen MR) is 75.2 cm³/mol. The topological polar surface area (TPSA) is 62.5 Å². The van der Waals surface area contributed by atoms with E-state index in [1.807, 2.05) is 0 Å². The van der Waals surface area contributed by atoms with Crippen LogP contribution < -0.4 is 0 Å². The molecule has 1 N–H and O–H groups in total. The number of aliphatic carboxylic acids is 1. The Labute approximate surface area is 124 Å². The number of carboxylic acids is 1. The number of amides is 1. The number of thioether (sulfide) groups is 1. The summed E-state index contributed by atoms with van der Waals surface area (Å²) in [6.07, 6.45) is 0. The molecule has 0 radical (unpaired) electrons. The maximum Gasteiger partial charge on any atom is 0.327 e. The molecule has 0 spiro atoms. The SMILES string of the molecule is Cn1c(C(=O)N2CCSCC2C(=O)O)cc(Cl)c1Cl. The molecule has 1 aromatic rings. The Balaban J connectivity index is 2.31. The van der Waals surface area contributed by atoms with Crippen LogP contribution in [0.15, 0.2) is 6.07 Å². The van der Waals surface area contributed by atoms with Crippen LogP contribution in [0.3, 0.4) is 0 Å². The Kier molecular flexibility index (Phi) is 4.32. The number of carboxylic acid groups (broad SMARTS) is 1. The first-order chi connectivity index (χ1) is 8.93. The smallest absolute Gasteiger partial charge is 0.327 e. The molecule has 2 rings (SSSR count). The Morgan fingerprint density at radius 3 is 2.68 bits per heavy atom. The van der Waals surface area contributed by atoms with Crippen LogP contribution in [0.1, 0.15) is 10.5 Å². The first kappa shape index (κ1) is 14.6. The largest absolute Gasteiger partial charge is 0.480 e. The number of hydrogen-bond acceptors (Lipinski definition) is 3. The van der Waals surface area contributed by atoms with Crippen molar-refractivity contribution in [3.8, 4) is 0 Å². The Morgan fingerprint density at radius 1 is 1.47 bits per heavy atom. The highest BCUT2D eigenvalue weighted by molar-refractivity contribution is 7.99. The summed E-state index contributed by atoms with van der Waals surface area (Å²) in [6.45, 7) is 0.404. The second-order valence-electron chi connectivity index (χ2n) is 4.15. The number of aromatic nitrogens is 1. The third-order valence-corrected chi connectivity index (χ3v) is 4.87. The molecule has 1 aliphatic heterocycles. The molecule has 1 atom stereocenters. The Morgan fingerprint density at radius 2 is 2.16 bits per heavy atom. The van der Waals surface area contributed by atoms with Gasteiger partial charge in [-0.15, -0.1) is 0 Å². The van der Waals surface area contributed by atoms with Gasteiger partial charge in [0.15, 0.2) is 0 Å². The standard InChI is InChI=1S/C11H12Cl2N2O3S/c1-14-7(4-6(12)9(14)13)10(16)15-2-3-19-5-8(15)11(17)18/h4,8H,2-3,5H2,1H3,(H,17,18). The molecule has 104 valence electrons. The van der Waals surface area contributed by atoms with Gasteiger partial charge >= 0.3 is 5.97 Å². The number of carbonyl (C=O) groups excluding carboxylic acids is 1. The lowest BCUT2D eigenvalue weighted by molar-refractivity contribution is -0.141. The average molecular weight is 323 g/mol. The highest BCUT2D eigenvalue weighted by atomic mass is 35.5. The zero-order chi connectivity index (χ0) is 14.2. The van der Waals surface area contributed by atoms with Gasteiger partial charge in [0.2, 0.25) is 0 Å². The fraction of sp³-hybridized carbons (Fsp3) is 0.455. The van der Waals surface area contributed by atoms with Gasteiger partial charge in [0.25, 0.3) is 5.91 Å². The van der Waals surface area contributed by atoms with Crippen LogP contribution in [0.4, 0.5) is 0 Å². The van der Waals surface area contributed by atoms with Crippen molar-refractivity contribution in [3.63, 3.8) is 0 Å². The van der Waals surface area contributed by atoms with Crippen LogP contribution in [0.2, 0.25) is 10.2 Å². The normalized spacial score (nSPS) is 19.5. The van der Waals surface area contributed by atoms with Crippen molar-refractivity contribution in [2.24, 2.45) is 7.05 Å². The van der Waals surface area contributed by atoms with Crippen LogP contribution in [0.25, 0.3) is 0 Å². The molecule has 1 aromatic heterocycles. The molecule has 1 saturated heterocycles. The van der Waals surface area contributed by atoms with Crippen molar-refractivity contribution < 1.29 is 14.7 Å². The van der Waals surface area contributed by atoms with Crippen LogP contribution in [-0.2, 0) is 11.8 Å². The summed E-state index contributed by atoms with van der Waals surface area (Å²) in [7, 11) is 1.62. The summed E-state index contributed by atoms with van der Waals surface area (Å²) in [6, 6.07) is 0.658. The van der Waals surface area contributed by atoms with Crippen molar-refractivity contribution in [2.75, 3.05) is 18.1 Å². The summed E-state index contributed by atoms with van der Waals surface area (Å²) in [5, 5.41) is 9.72. The molecule has 0 aromatic carbocycles. The molecular formula is C11H12Cl2N2O3S. The summed E-state index contributed by atoms with van der Waals surface area (Å²) >= 11 is 13.3. The molecule has 0 aliphatic carbocycles.